The number of ether oxygens (including phenoxy) is 3. The molecule has 0 aliphatic heterocycles. The van der Waals surface area contributed by atoms with E-state index >= 15 is 0 Å². The number of carbonyl (C=O) groups is 2. The van der Waals surface area contributed by atoms with Gasteiger partial charge in [0.2, 0.25) is 0 Å². The molecular weight excluding hydrogens is 320 g/mol. The number of hydrogen-bond acceptors (Lipinski definition) is 5. The fourth-order valence-corrected chi connectivity index (χ4v) is 2.04. The maximum Gasteiger partial charge on any atom is 0.343 e. The SMILES string of the molecule is CCOC(=O)c1ccccc1OC(=O)c1ccc(OCC(C)C)cc1. The molecule has 2 rings (SSSR count). The number of benzene rings is 2. The van der Waals surface area contributed by atoms with Crippen LogP contribution in [0.25, 0.3) is 0 Å². The van der Waals surface area contributed by atoms with Crippen LogP contribution < -0.4 is 9.47 Å². The molecule has 2 aromatic carbocycles. The van der Waals surface area contributed by atoms with Crippen LogP contribution in [0, 0.1) is 5.92 Å². The van der Waals surface area contributed by atoms with E-state index in [-0.39, 0.29) is 17.9 Å². The Labute approximate surface area is 147 Å². The summed E-state index contributed by atoms with van der Waals surface area (Å²) in [5.41, 5.74) is 0.588. The minimum Gasteiger partial charge on any atom is -0.493 e. The van der Waals surface area contributed by atoms with Gasteiger partial charge in [0, 0.05) is 0 Å². The third-order valence-corrected chi connectivity index (χ3v) is 3.26. The monoisotopic (exact) mass is 342 g/mol. The molecule has 0 aliphatic rings. The van der Waals surface area contributed by atoms with Crippen molar-refractivity contribution in [2.24, 2.45) is 5.92 Å². The Morgan fingerprint density at radius 3 is 2.28 bits per heavy atom. The zero-order chi connectivity index (χ0) is 18.2. The van der Waals surface area contributed by atoms with Gasteiger partial charge in [-0.25, -0.2) is 9.59 Å². The highest BCUT2D eigenvalue weighted by Crippen LogP contribution is 2.21. The highest BCUT2D eigenvalue weighted by atomic mass is 16.5. The maximum atomic E-state index is 12.3. The molecule has 5 nitrogen and oxygen atoms in total. The van der Waals surface area contributed by atoms with Crippen molar-refractivity contribution in [1.29, 1.82) is 0 Å². The van der Waals surface area contributed by atoms with E-state index in [0.29, 0.717) is 23.8 Å². The van der Waals surface area contributed by atoms with E-state index in [2.05, 4.69) is 13.8 Å². The lowest BCUT2D eigenvalue weighted by molar-refractivity contribution is 0.0520. The Morgan fingerprint density at radius 2 is 1.64 bits per heavy atom. The summed E-state index contributed by atoms with van der Waals surface area (Å²) in [5.74, 6) is 0.211. The van der Waals surface area contributed by atoms with Crippen molar-refractivity contribution in [1.82, 2.24) is 0 Å². The molecule has 2 aromatic rings. The van der Waals surface area contributed by atoms with Gasteiger partial charge in [-0.15, -0.1) is 0 Å². The standard InChI is InChI=1S/C20H22O5/c1-4-23-20(22)17-7-5-6-8-18(17)25-19(21)15-9-11-16(12-10-15)24-13-14(2)3/h5-12,14H,4,13H2,1-3H3. The van der Waals surface area contributed by atoms with Crippen molar-refractivity contribution in [3.8, 4) is 11.5 Å². The van der Waals surface area contributed by atoms with Gasteiger partial charge in [-0.1, -0.05) is 26.0 Å². The Morgan fingerprint density at radius 1 is 0.960 bits per heavy atom. The summed E-state index contributed by atoms with van der Waals surface area (Å²) in [6, 6.07) is 13.2. The van der Waals surface area contributed by atoms with E-state index in [1.807, 2.05) is 0 Å². The Balaban J connectivity index is 2.08. The van der Waals surface area contributed by atoms with Gasteiger partial charge in [0.1, 0.15) is 17.1 Å². The average Bonchev–Trinajstić information content (AvgIpc) is 2.61. The first kappa shape index (κ1) is 18.5. The highest BCUT2D eigenvalue weighted by Gasteiger charge is 2.17. The lowest BCUT2D eigenvalue weighted by Gasteiger charge is -2.10. The minimum atomic E-state index is -0.549. The van der Waals surface area contributed by atoms with Crippen LogP contribution >= 0.6 is 0 Å². The third kappa shape index (κ3) is 5.35. The summed E-state index contributed by atoms with van der Waals surface area (Å²) in [6.07, 6.45) is 0. The molecule has 0 radical (unpaired) electrons. The quantitative estimate of drug-likeness (QED) is 0.559. The number of carbonyl (C=O) groups excluding carboxylic acids is 2. The summed E-state index contributed by atoms with van der Waals surface area (Å²) in [6.45, 7) is 6.70. The van der Waals surface area contributed by atoms with Gasteiger partial charge >= 0.3 is 11.9 Å². The van der Waals surface area contributed by atoms with E-state index in [1.165, 1.54) is 0 Å². The van der Waals surface area contributed by atoms with Crippen LogP contribution in [0.5, 0.6) is 11.5 Å². The summed E-state index contributed by atoms with van der Waals surface area (Å²) < 4.78 is 15.9. The molecule has 0 unspecified atom stereocenters. The molecule has 25 heavy (non-hydrogen) atoms. The average molecular weight is 342 g/mol. The minimum absolute atomic E-state index is 0.172. The molecule has 0 saturated heterocycles. The molecule has 0 bridgehead atoms. The van der Waals surface area contributed by atoms with Crippen LogP contribution in [-0.4, -0.2) is 25.2 Å². The molecule has 0 atom stereocenters. The van der Waals surface area contributed by atoms with Gasteiger partial charge < -0.3 is 14.2 Å². The molecule has 5 heteroatoms. The second-order valence-electron chi connectivity index (χ2n) is 5.84. The van der Waals surface area contributed by atoms with E-state index in [4.69, 9.17) is 14.2 Å². The molecule has 0 aromatic heterocycles. The molecular formula is C20H22O5. The summed E-state index contributed by atoms with van der Waals surface area (Å²) >= 11 is 0. The zero-order valence-electron chi connectivity index (χ0n) is 14.7. The van der Waals surface area contributed by atoms with E-state index in [0.717, 1.165) is 0 Å². The van der Waals surface area contributed by atoms with Gasteiger partial charge in [0.05, 0.1) is 18.8 Å². The predicted molar refractivity (Wildman–Crippen MR) is 94.1 cm³/mol. The molecule has 0 amide bonds. The second kappa shape index (κ2) is 8.87. The van der Waals surface area contributed by atoms with Crippen LogP contribution in [0.15, 0.2) is 48.5 Å². The maximum absolute atomic E-state index is 12.3. The Bertz CT molecular complexity index is 719. The van der Waals surface area contributed by atoms with Crippen LogP contribution in [0.4, 0.5) is 0 Å². The van der Waals surface area contributed by atoms with E-state index < -0.39 is 11.9 Å². The number of rotatable bonds is 7. The molecule has 0 fully saturated rings. The highest BCUT2D eigenvalue weighted by molar-refractivity contribution is 5.96. The van der Waals surface area contributed by atoms with Crippen molar-refractivity contribution in [2.45, 2.75) is 20.8 Å². The van der Waals surface area contributed by atoms with Gasteiger partial charge in [-0.3, -0.25) is 0 Å². The van der Waals surface area contributed by atoms with Crippen LogP contribution in [-0.2, 0) is 4.74 Å². The normalized spacial score (nSPS) is 10.4. The Kier molecular flexibility index (Phi) is 6.57. The van der Waals surface area contributed by atoms with Gasteiger partial charge in [0.15, 0.2) is 0 Å². The molecule has 132 valence electrons. The first-order valence-electron chi connectivity index (χ1n) is 8.22. The largest absolute Gasteiger partial charge is 0.493 e. The van der Waals surface area contributed by atoms with Crippen LogP contribution in [0.2, 0.25) is 0 Å². The van der Waals surface area contributed by atoms with Crippen molar-refractivity contribution in [3.05, 3.63) is 59.7 Å². The molecule has 0 saturated carbocycles. The van der Waals surface area contributed by atoms with Crippen LogP contribution in [0.3, 0.4) is 0 Å². The number of para-hydroxylation sites is 1. The van der Waals surface area contributed by atoms with Crippen molar-refractivity contribution < 1.29 is 23.8 Å². The summed E-state index contributed by atoms with van der Waals surface area (Å²) in [5, 5.41) is 0. The van der Waals surface area contributed by atoms with E-state index in [9.17, 15) is 9.59 Å². The fourth-order valence-electron chi connectivity index (χ4n) is 2.04. The Hall–Kier alpha value is -2.82. The third-order valence-electron chi connectivity index (χ3n) is 3.26. The van der Waals surface area contributed by atoms with E-state index in [1.54, 1.807) is 55.5 Å². The topological polar surface area (TPSA) is 61.8 Å². The predicted octanol–water partition coefficient (Wildman–Crippen LogP) is 4.12. The second-order valence-corrected chi connectivity index (χ2v) is 5.84. The first-order chi connectivity index (χ1) is 12.0. The molecule has 0 heterocycles. The van der Waals surface area contributed by atoms with Crippen molar-refractivity contribution in [2.75, 3.05) is 13.2 Å². The van der Waals surface area contributed by atoms with Gasteiger partial charge in [-0.2, -0.15) is 0 Å². The molecule has 0 spiro atoms. The number of hydrogen-bond donors (Lipinski definition) is 0. The van der Waals surface area contributed by atoms with Gasteiger partial charge in [0.25, 0.3) is 0 Å². The fraction of sp³-hybridized carbons (Fsp3) is 0.300. The van der Waals surface area contributed by atoms with Crippen molar-refractivity contribution in [3.63, 3.8) is 0 Å². The summed E-state index contributed by atoms with van der Waals surface area (Å²) in [7, 11) is 0. The number of esters is 2. The van der Waals surface area contributed by atoms with Gasteiger partial charge in [-0.05, 0) is 49.2 Å². The smallest absolute Gasteiger partial charge is 0.343 e. The lowest BCUT2D eigenvalue weighted by atomic mass is 10.2. The summed E-state index contributed by atoms with van der Waals surface area (Å²) in [4.78, 5) is 24.2. The first-order valence-corrected chi connectivity index (χ1v) is 8.22. The molecule has 0 N–H and O–H groups in total. The molecule has 0 aliphatic carbocycles. The van der Waals surface area contributed by atoms with Crippen molar-refractivity contribution >= 4 is 11.9 Å². The zero-order valence-corrected chi connectivity index (χ0v) is 14.7. The lowest BCUT2D eigenvalue weighted by Crippen LogP contribution is -2.13. The van der Waals surface area contributed by atoms with Crippen LogP contribution in [0.1, 0.15) is 41.5 Å².